The van der Waals surface area contributed by atoms with E-state index in [9.17, 15) is 22.8 Å². The number of nitrogens with two attached hydrogens (primary N) is 1. The fourth-order valence-corrected chi connectivity index (χ4v) is 3.76. The third kappa shape index (κ3) is 4.76. The highest BCUT2D eigenvalue weighted by Crippen LogP contribution is 2.32. The van der Waals surface area contributed by atoms with Crippen LogP contribution in [0.1, 0.15) is 36.8 Å². The quantitative estimate of drug-likeness (QED) is 0.822. The molecule has 0 radical (unpaired) electrons. The van der Waals surface area contributed by atoms with Crippen LogP contribution in [0.4, 0.5) is 23.7 Å². The second-order valence-electron chi connectivity index (χ2n) is 7.37. The van der Waals surface area contributed by atoms with Crippen LogP contribution in [-0.2, 0) is 17.5 Å². The predicted molar refractivity (Wildman–Crippen MR) is 98.5 cm³/mol. The second-order valence-corrected chi connectivity index (χ2v) is 7.37. The van der Waals surface area contributed by atoms with Gasteiger partial charge in [-0.05, 0) is 49.4 Å². The predicted octanol–water partition coefficient (Wildman–Crippen LogP) is 3.03. The lowest BCUT2D eigenvalue weighted by molar-refractivity contribution is -0.137. The summed E-state index contributed by atoms with van der Waals surface area (Å²) in [5.74, 6) is -0.822. The molecule has 0 aliphatic carbocycles. The number of carbonyl (C=O) groups excluding carboxylic acids is 2. The lowest BCUT2D eigenvalue weighted by Gasteiger charge is -2.34. The molecule has 2 fully saturated rings. The maximum absolute atomic E-state index is 13.1. The molecule has 1 atom stereocenters. The van der Waals surface area contributed by atoms with E-state index in [-0.39, 0.29) is 30.7 Å². The largest absolute Gasteiger partial charge is 0.416 e. The molecule has 6 nitrogen and oxygen atoms in total. The smallest absolute Gasteiger partial charge is 0.326 e. The number of urea groups is 1. The van der Waals surface area contributed by atoms with Crippen LogP contribution in [-0.4, -0.2) is 47.9 Å². The molecule has 1 aromatic carbocycles. The van der Waals surface area contributed by atoms with Gasteiger partial charge >= 0.3 is 12.2 Å². The van der Waals surface area contributed by atoms with Gasteiger partial charge in [0.05, 0.1) is 11.5 Å². The fraction of sp³-hybridized carbons (Fsp3) is 0.579. The van der Waals surface area contributed by atoms with Crippen LogP contribution in [0.3, 0.4) is 0 Å². The van der Waals surface area contributed by atoms with Gasteiger partial charge in [0.15, 0.2) is 0 Å². The number of likely N-dealkylation sites (tertiary alicyclic amines) is 2. The van der Waals surface area contributed by atoms with E-state index in [1.807, 2.05) is 0 Å². The molecule has 1 unspecified atom stereocenters. The number of hydrogen-bond acceptors (Lipinski definition) is 3. The summed E-state index contributed by atoms with van der Waals surface area (Å²) in [4.78, 5) is 28.7. The van der Waals surface area contributed by atoms with Crippen LogP contribution < -0.4 is 11.1 Å². The molecule has 28 heavy (non-hydrogen) atoms. The minimum atomic E-state index is -4.52. The van der Waals surface area contributed by atoms with Crippen LogP contribution >= 0.6 is 0 Å². The number of anilines is 1. The van der Waals surface area contributed by atoms with E-state index in [4.69, 9.17) is 5.73 Å². The van der Waals surface area contributed by atoms with Crippen molar-refractivity contribution in [2.75, 3.05) is 31.5 Å². The Bertz CT molecular complexity index is 732. The van der Waals surface area contributed by atoms with E-state index in [2.05, 4.69) is 5.32 Å². The van der Waals surface area contributed by atoms with E-state index in [1.165, 1.54) is 6.07 Å². The summed E-state index contributed by atoms with van der Waals surface area (Å²) in [5, 5.41) is 2.58. The number of nitrogens with zero attached hydrogens (tertiary/aromatic N) is 2. The first-order chi connectivity index (χ1) is 13.3. The molecule has 0 saturated carbocycles. The van der Waals surface area contributed by atoms with E-state index in [0.717, 1.165) is 38.1 Å². The first-order valence-corrected chi connectivity index (χ1v) is 9.54. The monoisotopic (exact) mass is 398 g/mol. The Morgan fingerprint density at radius 2 is 1.75 bits per heavy atom. The van der Waals surface area contributed by atoms with Gasteiger partial charge in [0, 0.05) is 38.4 Å². The van der Waals surface area contributed by atoms with Crippen molar-refractivity contribution < 1.29 is 22.8 Å². The number of hydrogen-bond donors (Lipinski definition) is 2. The number of amides is 3. The van der Waals surface area contributed by atoms with Crippen molar-refractivity contribution in [3.8, 4) is 0 Å². The van der Waals surface area contributed by atoms with Gasteiger partial charge in [-0.25, -0.2) is 4.79 Å². The topological polar surface area (TPSA) is 78.7 Å². The molecule has 2 aliphatic heterocycles. The van der Waals surface area contributed by atoms with Crippen molar-refractivity contribution in [1.29, 1.82) is 0 Å². The molecule has 2 aliphatic rings. The molecule has 9 heteroatoms. The van der Waals surface area contributed by atoms with Gasteiger partial charge in [-0.3, -0.25) is 4.79 Å². The maximum Gasteiger partial charge on any atom is 0.416 e. The molecule has 2 saturated heterocycles. The zero-order chi connectivity index (χ0) is 20.3. The highest BCUT2D eigenvalue weighted by Gasteiger charge is 2.33. The maximum atomic E-state index is 13.1. The zero-order valence-corrected chi connectivity index (χ0v) is 15.6. The molecule has 3 rings (SSSR count). The van der Waals surface area contributed by atoms with E-state index in [0.29, 0.717) is 24.9 Å². The molecule has 0 spiro atoms. The summed E-state index contributed by atoms with van der Waals surface area (Å²) in [7, 11) is 0. The number of carbonyl (C=O) groups is 2. The Kier molecular flexibility index (Phi) is 6.12. The average molecular weight is 398 g/mol. The number of piperidine rings is 1. The van der Waals surface area contributed by atoms with Gasteiger partial charge in [0.2, 0.25) is 5.91 Å². The SMILES string of the molecule is NCc1cc(NC(=O)C2CCCN(C(=O)N3CCCC3)C2)cc(C(F)(F)F)c1. The summed E-state index contributed by atoms with van der Waals surface area (Å²) in [6.07, 6.45) is -1.26. The number of nitrogens with one attached hydrogen (secondary N) is 1. The van der Waals surface area contributed by atoms with Crippen LogP contribution in [0.2, 0.25) is 0 Å². The summed E-state index contributed by atoms with van der Waals surface area (Å²) < 4.78 is 39.2. The van der Waals surface area contributed by atoms with Crippen molar-refractivity contribution in [3.63, 3.8) is 0 Å². The van der Waals surface area contributed by atoms with E-state index < -0.39 is 17.7 Å². The summed E-state index contributed by atoms with van der Waals surface area (Å²) in [5.41, 5.74) is 5.00. The lowest BCUT2D eigenvalue weighted by Crippen LogP contribution is -2.48. The van der Waals surface area contributed by atoms with Gasteiger partial charge in [0.25, 0.3) is 0 Å². The molecule has 1 aromatic rings. The standard InChI is InChI=1S/C19H25F3N4O2/c20-19(21,22)15-8-13(11-23)9-16(10-15)24-17(27)14-4-3-7-26(12-14)18(28)25-5-1-2-6-25/h8-10,14H,1-7,11-12,23H2,(H,24,27). The summed E-state index contributed by atoms with van der Waals surface area (Å²) in [6.45, 7) is 2.29. The van der Waals surface area contributed by atoms with Gasteiger partial charge in [-0.1, -0.05) is 0 Å². The number of benzene rings is 1. The minimum Gasteiger partial charge on any atom is -0.326 e. The molecular formula is C19H25F3N4O2. The van der Waals surface area contributed by atoms with Gasteiger partial charge in [-0.15, -0.1) is 0 Å². The van der Waals surface area contributed by atoms with E-state index in [1.54, 1.807) is 9.80 Å². The highest BCUT2D eigenvalue weighted by molar-refractivity contribution is 5.93. The lowest BCUT2D eigenvalue weighted by atomic mass is 9.97. The molecule has 2 heterocycles. The summed E-state index contributed by atoms with van der Waals surface area (Å²) >= 11 is 0. The van der Waals surface area contributed by atoms with Crippen molar-refractivity contribution >= 4 is 17.6 Å². The summed E-state index contributed by atoms with van der Waals surface area (Å²) in [6, 6.07) is 3.28. The van der Waals surface area contributed by atoms with Crippen LogP contribution in [0.15, 0.2) is 18.2 Å². The third-order valence-corrected chi connectivity index (χ3v) is 5.26. The van der Waals surface area contributed by atoms with E-state index >= 15 is 0 Å². The molecular weight excluding hydrogens is 373 g/mol. The normalized spacial score (nSPS) is 20.4. The Labute approximate surface area is 161 Å². The Balaban J connectivity index is 1.67. The van der Waals surface area contributed by atoms with Crippen molar-refractivity contribution in [2.24, 2.45) is 11.7 Å². The Morgan fingerprint density at radius 1 is 1.07 bits per heavy atom. The van der Waals surface area contributed by atoms with Gasteiger partial charge < -0.3 is 20.9 Å². The van der Waals surface area contributed by atoms with Crippen LogP contribution in [0.5, 0.6) is 0 Å². The van der Waals surface area contributed by atoms with Crippen molar-refractivity contribution in [2.45, 2.75) is 38.4 Å². The van der Waals surface area contributed by atoms with Crippen LogP contribution in [0.25, 0.3) is 0 Å². The molecule has 154 valence electrons. The molecule has 3 amide bonds. The average Bonchev–Trinajstić information content (AvgIpc) is 3.21. The molecule has 0 bridgehead atoms. The Hall–Kier alpha value is -2.29. The first-order valence-electron chi connectivity index (χ1n) is 9.54. The van der Waals surface area contributed by atoms with Crippen molar-refractivity contribution in [1.82, 2.24) is 9.80 Å². The third-order valence-electron chi connectivity index (χ3n) is 5.26. The Morgan fingerprint density at radius 3 is 2.39 bits per heavy atom. The molecule has 0 aromatic heterocycles. The first kappa shape index (κ1) is 20.4. The zero-order valence-electron chi connectivity index (χ0n) is 15.6. The van der Waals surface area contributed by atoms with Crippen LogP contribution in [0, 0.1) is 5.92 Å². The fourth-order valence-electron chi connectivity index (χ4n) is 3.76. The highest BCUT2D eigenvalue weighted by atomic mass is 19.4. The second kappa shape index (κ2) is 8.38. The van der Waals surface area contributed by atoms with Gasteiger partial charge in [-0.2, -0.15) is 13.2 Å². The number of halogens is 3. The molecule has 3 N–H and O–H groups in total. The van der Waals surface area contributed by atoms with Crippen molar-refractivity contribution in [3.05, 3.63) is 29.3 Å². The number of alkyl halides is 3. The van der Waals surface area contributed by atoms with Gasteiger partial charge in [0.1, 0.15) is 0 Å². The minimum absolute atomic E-state index is 0.0560. The number of rotatable bonds is 3.